The van der Waals surface area contributed by atoms with Crippen LogP contribution in [0.3, 0.4) is 0 Å². The van der Waals surface area contributed by atoms with E-state index < -0.39 is 11.7 Å². The van der Waals surface area contributed by atoms with E-state index in [9.17, 15) is 14.0 Å². The van der Waals surface area contributed by atoms with Crippen molar-refractivity contribution < 1.29 is 18.7 Å². The zero-order valence-electron chi connectivity index (χ0n) is 15.5. The van der Waals surface area contributed by atoms with E-state index in [1.54, 1.807) is 41.3 Å². The molecule has 0 aromatic heterocycles. The van der Waals surface area contributed by atoms with Crippen LogP contribution in [0.1, 0.15) is 6.42 Å². The first-order valence-electron chi connectivity index (χ1n) is 9.29. The third kappa shape index (κ3) is 4.27. The van der Waals surface area contributed by atoms with E-state index >= 15 is 0 Å². The fourth-order valence-electron chi connectivity index (χ4n) is 3.25. The standard InChI is InChI=1S/C23H19FN2O3/c24-20-8-4-5-9-21(20)25-23(28)16-14-22(27)26(15-16)17-10-12-19(13-11-17)29-18-6-2-1-3-7-18/h1-13,16H,14-15H2,(H,25,28). The van der Waals surface area contributed by atoms with Crippen molar-refractivity contribution in [3.8, 4) is 11.5 Å². The van der Waals surface area contributed by atoms with E-state index in [1.165, 1.54) is 12.1 Å². The Morgan fingerprint density at radius 3 is 2.31 bits per heavy atom. The lowest BCUT2D eigenvalue weighted by molar-refractivity contribution is -0.122. The molecule has 1 heterocycles. The van der Waals surface area contributed by atoms with Crippen LogP contribution in [0, 0.1) is 11.7 Å². The van der Waals surface area contributed by atoms with Crippen molar-refractivity contribution >= 4 is 23.2 Å². The van der Waals surface area contributed by atoms with Crippen LogP contribution >= 0.6 is 0 Å². The predicted octanol–water partition coefficient (Wildman–Crippen LogP) is 4.61. The molecule has 0 saturated carbocycles. The van der Waals surface area contributed by atoms with Crippen molar-refractivity contribution in [1.29, 1.82) is 0 Å². The van der Waals surface area contributed by atoms with Crippen molar-refractivity contribution in [3.63, 3.8) is 0 Å². The summed E-state index contributed by atoms with van der Waals surface area (Å²) in [6.45, 7) is 0.248. The summed E-state index contributed by atoms with van der Waals surface area (Å²) in [5.74, 6) is -0.174. The summed E-state index contributed by atoms with van der Waals surface area (Å²) in [4.78, 5) is 26.5. The molecule has 6 heteroatoms. The van der Waals surface area contributed by atoms with Crippen molar-refractivity contribution in [2.24, 2.45) is 5.92 Å². The number of halogens is 1. The largest absolute Gasteiger partial charge is 0.457 e. The molecular formula is C23H19FN2O3. The molecular weight excluding hydrogens is 371 g/mol. The summed E-state index contributed by atoms with van der Waals surface area (Å²) in [6, 6.07) is 22.5. The van der Waals surface area contributed by atoms with Gasteiger partial charge in [0.1, 0.15) is 17.3 Å². The molecule has 1 aliphatic heterocycles. The molecule has 1 atom stereocenters. The number of benzene rings is 3. The van der Waals surface area contributed by atoms with E-state index in [4.69, 9.17) is 4.74 Å². The van der Waals surface area contributed by atoms with E-state index in [-0.39, 0.29) is 30.5 Å². The Morgan fingerprint density at radius 2 is 1.59 bits per heavy atom. The topological polar surface area (TPSA) is 58.6 Å². The number of amides is 2. The maximum Gasteiger partial charge on any atom is 0.229 e. The molecule has 29 heavy (non-hydrogen) atoms. The fraction of sp³-hybridized carbons (Fsp3) is 0.130. The van der Waals surface area contributed by atoms with Gasteiger partial charge in [-0.05, 0) is 48.5 Å². The van der Waals surface area contributed by atoms with Crippen molar-refractivity contribution in [1.82, 2.24) is 0 Å². The highest BCUT2D eigenvalue weighted by Crippen LogP contribution is 2.29. The molecule has 1 unspecified atom stereocenters. The number of hydrogen-bond acceptors (Lipinski definition) is 3. The van der Waals surface area contributed by atoms with Gasteiger partial charge in [-0.2, -0.15) is 0 Å². The van der Waals surface area contributed by atoms with Crippen LogP contribution in [0.25, 0.3) is 0 Å². The summed E-state index contributed by atoms with van der Waals surface area (Å²) in [6.07, 6.45) is 0.0859. The van der Waals surface area contributed by atoms with Crippen LogP contribution in [-0.2, 0) is 9.59 Å². The van der Waals surface area contributed by atoms with Crippen molar-refractivity contribution in [3.05, 3.63) is 84.7 Å². The number of hydrogen-bond donors (Lipinski definition) is 1. The van der Waals surface area contributed by atoms with Gasteiger partial charge >= 0.3 is 0 Å². The zero-order chi connectivity index (χ0) is 20.2. The molecule has 4 rings (SSSR count). The van der Waals surface area contributed by atoms with Gasteiger partial charge in [0.05, 0.1) is 11.6 Å². The molecule has 146 valence electrons. The maximum atomic E-state index is 13.7. The maximum absolute atomic E-state index is 13.7. The summed E-state index contributed by atoms with van der Waals surface area (Å²) < 4.78 is 19.5. The molecule has 0 spiro atoms. The number of anilines is 2. The molecule has 0 aliphatic carbocycles. The first kappa shape index (κ1) is 18.7. The number of ether oxygens (including phenoxy) is 1. The first-order chi connectivity index (χ1) is 14.1. The van der Waals surface area contributed by atoms with E-state index in [0.717, 1.165) is 5.75 Å². The third-order valence-electron chi connectivity index (χ3n) is 4.75. The highest BCUT2D eigenvalue weighted by molar-refractivity contribution is 6.03. The van der Waals surface area contributed by atoms with Gasteiger partial charge in [-0.25, -0.2) is 4.39 Å². The van der Waals surface area contributed by atoms with Crippen LogP contribution in [-0.4, -0.2) is 18.4 Å². The third-order valence-corrected chi connectivity index (χ3v) is 4.75. The summed E-state index contributed by atoms with van der Waals surface area (Å²) in [5.41, 5.74) is 0.808. The van der Waals surface area contributed by atoms with Crippen LogP contribution in [0.4, 0.5) is 15.8 Å². The second-order valence-corrected chi connectivity index (χ2v) is 6.78. The van der Waals surface area contributed by atoms with Gasteiger partial charge in [-0.3, -0.25) is 9.59 Å². The smallest absolute Gasteiger partial charge is 0.229 e. The SMILES string of the molecule is O=C(Nc1ccccc1F)C1CC(=O)N(c2ccc(Oc3ccccc3)cc2)C1. The first-order valence-corrected chi connectivity index (χ1v) is 9.29. The molecule has 2 amide bonds. The monoisotopic (exact) mass is 390 g/mol. The Labute approximate surface area is 167 Å². The molecule has 0 bridgehead atoms. The lowest BCUT2D eigenvalue weighted by Crippen LogP contribution is -2.28. The molecule has 3 aromatic rings. The van der Waals surface area contributed by atoms with Gasteiger partial charge in [0.2, 0.25) is 11.8 Å². The summed E-state index contributed by atoms with van der Waals surface area (Å²) >= 11 is 0. The van der Waals surface area contributed by atoms with Gasteiger partial charge < -0.3 is 15.0 Å². The van der Waals surface area contributed by atoms with E-state index in [1.807, 2.05) is 30.3 Å². The molecule has 1 saturated heterocycles. The van der Waals surface area contributed by atoms with Gasteiger partial charge in [0, 0.05) is 18.7 Å². The van der Waals surface area contributed by atoms with Crippen LogP contribution in [0.15, 0.2) is 78.9 Å². The zero-order valence-corrected chi connectivity index (χ0v) is 15.5. The second-order valence-electron chi connectivity index (χ2n) is 6.78. The molecule has 1 fully saturated rings. The lowest BCUT2D eigenvalue weighted by Gasteiger charge is -2.17. The minimum atomic E-state index is -0.539. The molecule has 1 N–H and O–H groups in total. The molecule has 0 radical (unpaired) electrons. The Kier molecular flexibility index (Phi) is 5.24. The molecule has 1 aliphatic rings. The Balaban J connectivity index is 1.41. The highest BCUT2D eigenvalue weighted by atomic mass is 19.1. The number of nitrogens with one attached hydrogen (secondary N) is 1. The summed E-state index contributed by atoms with van der Waals surface area (Å²) in [7, 11) is 0. The fourth-order valence-corrected chi connectivity index (χ4v) is 3.25. The van der Waals surface area contributed by atoms with Crippen LogP contribution in [0.5, 0.6) is 11.5 Å². The summed E-state index contributed by atoms with van der Waals surface area (Å²) in [5, 5.41) is 2.57. The molecule has 5 nitrogen and oxygen atoms in total. The van der Waals surface area contributed by atoms with E-state index in [0.29, 0.717) is 11.4 Å². The molecule has 3 aromatic carbocycles. The van der Waals surface area contributed by atoms with Crippen molar-refractivity contribution in [2.75, 3.05) is 16.8 Å². The minimum Gasteiger partial charge on any atom is -0.457 e. The Bertz CT molecular complexity index is 1020. The Hall–Kier alpha value is -3.67. The number of carbonyl (C=O) groups excluding carboxylic acids is 2. The predicted molar refractivity (Wildman–Crippen MR) is 108 cm³/mol. The van der Waals surface area contributed by atoms with Gasteiger partial charge in [0.15, 0.2) is 0 Å². The normalized spacial score (nSPS) is 16.0. The highest BCUT2D eigenvalue weighted by Gasteiger charge is 2.35. The number of para-hydroxylation sites is 2. The van der Waals surface area contributed by atoms with Crippen molar-refractivity contribution in [2.45, 2.75) is 6.42 Å². The number of rotatable bonds is 5. The number of nitrogens with zero attached hydrogens (tertiary/aromatic N) is 1. The second kappa shape index (κ2) is 8.14. The average molecular weight is 390 g/mol. The van der Waals surface area contributed by atoms with Gasteiger partial charge in [0.25, 0.3) is 0 Å². The van der Waals surface area contributed by atoms with E-state index in [2.05, 4.69) is 5.32 Å². The van der Waals surface area contributed by atoms with Gasteiger partial charge in [-0.15, -0.1) is 0 Å². The average Bonchev–Trinajstić information content (AvgIpc) is 3.13. The Morgan fingerprint density at radius 1 is 0.931 bits per heavy atom. The quantitative estimate of drug-likeness (QED) is 0.692. The van der Waals surface area contributed by atoms with Crippen LogP contribution in [0.2, 0.25) is 0 Å². The number of carbonyl (C=O) groups is 2. The van der Waals surface area contributed by atoms with Gasteiger partial charge in [-0.1, -0.05) is 30.3 Å². The minimum absolute atomic E-state index is 0.0859. The lowest BCUT2D eigenvalue weighted by atomic mass is 10.1. The van der Waals surface area contributed by atoms with Crippen LogP contribution < -0.4 is 15.0 Å².